The van der Waals surface area contributed by atoms with Gasteiger partial charge in [-0.25, -0.2) is 0 Å². The van der Waals surface area contributed by atoms with E-state index in [1.807, 2.05) is 30.3 Å². The molecule has 0 bridgehead atoms. The lowest BCUT2D eigenvalue weighted by Gasteiger charge is -2.30. The lowest BCUT2D eigenvalue weighted by Crippen LogP contribution is -2.28. The normalized spacial score (nSPS) is 23.7. The lowest BCUT2D eigenvalue weighted by atomic mass is 9.73. The summed E-state index contributed by atoms with van der Waals surface area (Å²) in [6.07, 6.45) is 2.75. The quantitative estimate of drug-likeness (QED) is 0.770. The molecule has 18 heavy (non-hydrogen) atoms. The van der Waals surface area contributed by atoms with Gasteiger partial charge in [0.25, 0.3) is 0 Å². The van der Waals surface area contributed by atoms with Gasteiger partial charge >= 0.3 is 5.97 Å². The van der Waals surface area contributed by atoms with Crippen molar-refractivity contribution < 1.29 is 14.3 Å². The maximum Gasteiger partial charge on any atom is 0.305 e. The maximum atomic E-state index is 12.1. The summed E-state index contributed by atoms with van der Waals surface area (Å²) < 4.78 is 4.72. The average Bonchev–Trinajstić information content (AvgIpc) is 2.40. The summed E-state index contributed by atoms with van der Waals surface area (Å²) in [5.74, 6) is -0.0304. The number of carbonyl (C=O) groups excluding carboxylic acids is 2. The topological polar surface area (TPSA) is 43.4 Å². The Morgan fingerprint density at radius 3 is 2.72 bits per heavy atom. The molecule has 3 nitrogen and oxygen atoms in total. The monoisotopic (exact) mass is 246 g/mol. The number of ketones is 1. The van der Waals surface area contributed by atoms with Crippen LogP contribution in [0.3, 0.4) is 0 Å². The molecule has 1 aromatic rings. The minimum Gasteiger partial charge on any atom is -0.469 e. The Kier molecular flexibility index (Phi) is 4.13. The molecular formula is C15H18O3. The van der Waals surface area contributed by atoms with Crippen molar-refractivity contribution >= 4 is 11.8 Å². The molecule has 2 unspecified atom stereocenters. The highest BCUT2D eigenvalue weighted by Gasteiger charge is 2.34. The number of ether oxygens (including phenoxy) is 1. The van der Waals surface area contributed by atoms with Crippen molar-refractivity contribution in [2.45, 2.75) is 31.6 Å². The summed E-state index contributed by atoms with van der Waals surface area (Å²) in [6.45, 7) is 0. The van der Waals surface area contributed by atoms with E-state index < -0.39 is 0 Å². The van der Waals surface area contributed by atoms with E-state index in [0.717, 1.165) is 18.4 Å². The van der Waals surface area contributed by atoms with Gasteiger partial charge in [0.1, 0.15) is 5.78 Å². The van der Waals surface area contributed by atoms with E-state index in [4.69, 9.17) is 4.74 Å². The molecule has 0 saturated heterocycles. The number of hydrogen-bond donors (Lipinski definition) is 0. The highest BCUT2D eigenvalue weighted by molar-refractivity contribution is 5.87. The van der Waals surface area contributed by atoms with Gasteiger partial charge in [-0.15, -0.1) is 0 Å². The predicted molar refractivity (Wildman–Crippen MR) is 68.2 cm³/mol. The van der Waals surface area contributed by atoms with Crippen LogP contribution in [0.1, 0.15) is 37.2 Å². The summed E-state index contributed by atoms with van der Waals surface area (Å²) in [7, 11) is 1.39. The van der Waals surface area contributed by atoms with Gasteiger partial charge in [0.05, 0.1) is 7.11 Å². The highest BCUT2D eigenvalue weighted by Crippen LogP contribution is 2.37. The summed E-state index contributed by atoms with van der Waals surface area (Å²) >= 11 is 0. The molecule has 0 amide bonds. The van der Waals surface area contributed by atoms with Crippen molar-refractivity contribution in [2.24, 2.45) is 5.92 Å². The molecule has 96 valence electrons. The van der Waals surface area contributed by atoms with Crippen LogP contribution in [0.15, 0.2) is 30.3 Å². The molecular weight excluding hydrogens is 228 g/mol. The Morgan fingerprint density at radius 1 is 1.33 bits per heavy atom. The van der Waals surface area contributed by atoms with Crippen LogP contribution >= 0.6 is 0 Å². The zero-order valence-corrected chi connectivity index (χ0v) is 10.6. The van der Waals surface area contributed by atoms with E-state index in [1.165, 1.54) is 7.11 Å². The fourth-order valence-corrected chi connectivity index (χ4v) is 2.76. The van der Waals surface area contributed by atoms with Crippen LogP contribution in [0, 0.1) is 5.92 Å². The number of benzene rings is 1. The minimum atomic E-state index is -0.226. The second-order valence-electron chi connectivity index (χ2n) is 4.79. The zero-order valence-electron chi connectivity index (χ0n) is 10.6. The number of rotatable bonds is 3. The van der Waals surface area contributed by atoms with Crippen LogP contribution < -0.4 is 0 Å². The van der Waals surface area contributed by atoms with Crippen LogP contribution in [-0.4, -0.2) is 18.9 Å². The van der Waals surface area contributed by atoms with Gasteiger partial charge in [0.2, 0.25) is 0 Å². The van der Waals surface area contributed by atoms with E-state index in [9.17, 15) is 9.59 Å². The van der Waals surface area contributed by atoms with Gasteiger partial charge in [-0.05, 0) is 24.3 Å². The molecule has 0 heterocycles. The molecule has 0 aromatic heterocycles. The fraction of sp³-hybridized carbons (Fsp3) is 0.467. The van der Waals surface area contributed by atoms with Crippen LogP contribution in [0.25, 0.3) is 0 Å². The van der Waals surface area contributed by atoms with E-state index in [2.05, 4.69) is 0 Å². The summed E-state index contributed by atoms with van der Waals surface area (Å²) in [5, 5.41) is 0. The van der Waals surface area contributed by atoms with E-state index in [1.54, 1.807) is 0 Å². The standard InChI is InChI=1S/C15H18O3/c1-18-14(17)10-12-8-5-9-13(16)15(12)11-6-3-2-4-7-11/h2-4,6-7,12,15H,5,8-10H2,1H3. The molecule has 2 atom stereocenters. The predicted octanol–water partition coefficient (Wildman–Crippen LogP) is 2.70. The van der Waals surface area contributed by atoms with Crippen molar-refractivity contribution in [1.29, 1.82) is 0 Å². The summed E-state index contributed by atoms with van der Waals surface area (Å²) in [5.41, 5.74) is 1.02. The third-order valence-electron chi connectivity index (χ3n) is 3.63. The minimum absolute atomic E-state index is 0.0844. The van der Waals surface area contributed by atoms with E-state index in [-0.39, 0.29) is 23.6 Å². The van der Waals surface area contributed by atoms with Gasteiger partial charge in [0, 0.05) is 18.8 Å². The molecule has 0 spiro atoms. The van der Waals surface area contributed by atoms with Crippen molar-refractivity contribution in [3.05, 3.63) is 35.9 Å². The zero-order chi connectivity index (χ0) is 13.0. The molecule has 1 fully saturated rings. The number of carbonyl (C=O) groups is 2. The van der Waals surface area contributed by atoms with Crippen LogP contribution in [0.5, 0.6) is 0 Å². The van der Waals surface area contributed by atoms with Crippen molar-refractivity contribution in [2.75, 3.05) is 7.11 Å². The molecule has 0 N–H and O–H groups in total. The molecule has 0 aliphatic heterocycles. The second kappa shape index (κ2) is 5.80. The van der Waals surface area contributed by atoms with E-state index in [0.29, 0.717) is 12.8 Å². The number of Topliss-reactive ketones (excluding diaryl/α,β-unsaturated/α-hetero) is 1. The van der Waals surface area contributed by atoms with Crippen LogP contribution in [0.2, 0.25) is 0 Å². The van der Waals surface area contributed by atoms with Gasteiger partial charge in [-0.2, -0.15) is 0 Å². The van der Waals surface area contributed by atoms with Crippen LogP contribution in [0.4, 0.5) is 0 Å². The van der Waals surface area contributed by atoms with Gasteiger partial charge in [-0.3, -0.25) is 9.59 Å². The molecule has 1 aliphatic rings. The smallest absolute Gasteiger partial charge is 0.305 e. The number of hydrogen-bond acceptors (Lipinski definition) is 3. The molecule has 2 rings (SSSR count). The molecule has 1 aromatic carbocycles. The third-order valence-corrected chi connectivity index (χ3v) is 3.63. The summed E-state index contributed by atoms with van der Waals surface area (Å²) in [4.78, 5) is 23.6. The first-order chi connectivity index (χ1) is 8.72. The first-order valence-electron chi connectivity index (χ1n) is 6.37. The largest absolute Gasteiger partial charge is 0.469 e. The number of methoxy groups -OCH3 is 1. The first kappa shape index (κ1) is 12.8. The molecule has 0 radical (unpaired) electrons. The molecule has 1 saturated carbocycles. The Labute approximate surface area is 107 Å². The Hall–Kier alpha value is -1.64. The Morgan fingerprint density at radius 2 is 2.06 bits per heavy atom. The number of esters is 1. The second-order valence-corrected chi connectivity index (χ2v) is 4.79. The van der Waals surface area contributed by atoms with Crippen molar-refractivity contribution in [3.8, 4) is 0 Å². The van der Waals surface area contributed by atoms with Crippen molar-refractivity contribution in [3.63, 3.8) is 0 Å². The molecule has 3 heteroatoms. The Balaban J connectivity index is 2.21. The van der Waals surface area contributed by atoms with Crippen LogP contribution in [-0.2, 0) is 14.3 Å². The van der Waals surface area contributed by atoms with E-state index >= 15 is 0 Å². The fourth-order valence-electron chi connectivity index (χ4n) is 2.76. The van der Waals surface area contributed by atoms with Gasteiger partial charge < -0.3 is 4.74 Å². The van der Waals surface area contributed by atoms with Crippen molar-refractivity contribution in [1.82, 2.24) is 0 Å². The molecule has 1 aliphatic carbocycles. The third kappa shape index (κ3) is 2.78. The van der Waals surface area contributed by atoms with Gasteiger partial charge in [-0.1, -0.05) is 30.3 Å². The average molecular weight is 246 g/mol. The maximum absolute atomic E-state index is 12.1. The SMILES string of the molecule is COC(=O)CC1CCCC(=O)C1c1ccccc1. The Bertz CT molecular complexity index is 425. The highest BCUT2D eigenvalue weighted by atomic mass is 16.5. The summed E-state index contributed by atoms with van der Waals surface area (Å²) in [6, 6.07) is 9.75. The van der Waals surface area contributed by atoms with Gasteiger partial charge in [0.15, 0.2) is 0 Å². The first-order valence-corrected chi connectivity index (χ1v) is 6.37. The lowest BCUT2D eigenvalue weighted by molar-refractivity contribution is -0.142.